The van der Waals surface area contributed by atoms with Gasteiger partial charge in [-0.2, -0.15) is 0 Å². The Morgan fingerprint density at radius 3 is 2.14 bits per heavy atom. The van der Waals surface area contributed by atoms with E-state index in [0.29, 0.717) is 17.5 Å². The molecule has 0 aliphatic heterocycles. The van der Waals surface area contributed by atoms with E-state index in [9.17, 15) is 9.59 Å². The fraction of sp³-hybridized carbons (Fsp3) is 0.440. The summed E-state index contributed by atoms with van der Waals surface area (Å²) in [6, 6.07) is 15.4. The number of carbonyl (C=O) groups excluding carboxylic acids is 1. The lowest BCUT2D eigenvalue weighted by atomic mass is 9.42. The third kappa shape index (κ3) is 3.06. The molecule has 4 aliphatic rings. The smallest absolute Gasteiger partial charge is 0.335 e. The summed E-state index contributed by atoms with van der Waals surface area (Å²) < 4.78 is 0. The summed E-state index contributed by atoms with van der Waals surface area (Å²) in [5.41, 5.74) is 3.41. The van der Waals surface area contributed by atoms with Crippen LogP contribution in [0.15, 0.2) is 48.5 Å². The van der Waals surface area contributed by atoms with Crippen molar-refractivity contribution in [2.75, 3.05) is 5.32 Å². The van der Waals surface area contributed by atoms with E-state index >= 15 is 0 Å². The van der Waals surface area contributed by atoms with Crippen LogP contribution in [0, 0.1) is 24.2 Å². The van der Waals surface area contributed by atoms with Crippen molar-refractivity contribution in [1.29, 1.82) is 0 Å². The third-order valence-corrected chi connectivity index (χ3v) is 7.60. The number of nitrogens with one attached hydrogen (secondary N) is 1. The molecule has 4 heteroatoms. The largest absolute Gasteiger partial charge is 0.478 e. The van der Waals surface area contributed by atoms with Gasteiger partial charge in [0, 0.05) is 5.69 Å². The molecule has 0 spiro atoms. The number of benzene rings is 2. The third-order valence-electron chi connectivity index (χ3n) is 7.60. The lowest BCUT2D eigenvalue weighted by Gasteiger charge is -2.61. The van der Waals surface area contributed by atoms with Crippen LogP contribution in [-0.4, -0.2) is 17.0 Å². The second-order valence-electron chi connectivity index (χ2n) is 9.72. The molecule has 2 atom stereocenters. The van der Waals surface area contributed by atoms with Crippen LogP contribution >= 0.6 is 0 Å². The van der Waals surface area contributed by atoms with Crippen LogP contribution in [0.3, 0.4) is 0 Å². The van der Waals surface area contributed by atoms with E-state index in [1.807, 2.05) is 0 Å². The van der Waals surface area contributed by atoms with Crippen LogP contribution in [0.25, 0.3) is 0 Å². The number of hydrogen-bond donors (Lipinski definition) is 2. The zero-order chi connectivity index (χ0) is 20.2. The van der Waals surface area contributed by atoms with Gasteiger partial charge < -0.3 is 10.4 Å². The van der Waals surface area contributed by atoms with Gasteiger partial charge in [0.25, 0.3) is 0 Å². The monoisotopic (exact) mass is 389 g/mol. The predicted molar refractivity (Wildman–Crippen MR) is 112 cm³/mol. The van der Waals surface area contributed by atoms with Crippen LogP contribution in [0.5, 0.6) is 0 Å². The van der Waals surface area contributed by atoms with Gasteiger partial charge in [-0.15, -0.1) is 0 Å². The van der Waals surface area contributed by atoms with Crippen molar-refractivity contribution in [2.45, 2.75) is 50.9 Å². The molecule has 0 saturated heterocycles. The van der Waals surface area contributed by atoms with E-state index in [4.69, 9.17) is 5.11 Å². The molecule has 4 saturated carbocycles. The van der Waals surface area contributed by atoms with Gasteiger partial charge in [-0.05, 0) is 92.5 Å². The Bertz CT molecular complexity index is 947. The normalized spacial score (nSPS) is 32.2. The Kier molecular flexibility index (Phi) is 4.09. The highest BCUT2D eigenvalue weighted by atomic mass is 16.4. The van der Waals surface area contributed by atoms with Crippen molar-refractivity contribution in [3.63, 3.8) is 0 Å². The van der Waals surface area contributed by atoms with Crippen molar-refractivity contribution in [3.05, 3.63) is 65.2 Å². The summed E-state index contributed by atoms with van der Waals surface area (Å²) in [4.78, 5) is 24.6. The Labute approximate surface area is 171 Å². The van der Waals surface area contributed by atoms with Crippen LogP contribution < -0.4 is 5.32 Å². The second kappa shape index (κ2) is 6.45. The van der Waals surface area contributed by atoms with Gasteiger partial charge in [-0.1, -0.05) is 29.8 Å². The molecular formula is C25H27NO3. The Hall–Kier alpha value is -2.62. The number of carboxylic acid groups (broad SMARTS) is 1. The van der Waals surface area contributed by atoms with Crippen molar-refractivity contribution in [3.8, 4) is 0 Å². The highest BCUT2D eigenvalue weighted by Gasteiger charge is 2.60. The SMILES string of the molecule is Cc1ccc(C23CC4CC(CC(C(=O)Nc5ccc(C(=O)O)cc5)(C4)C2)C3)cc1. The van der Waals surface area contributed by atoms with Crippen molar-refractivity contribution in [2.24, 2.45) is 17.3 Å². The maximum atomic E-state index is 13.5. The molecule has 2 N–H and O–H groups in total. The molecule has 0 radical (unpaired) electrons. The number of aromatic carboxylic acids is 1. The maximum absolute atomic E-state index is 13.5. The number of rotatable bonds is 4. The predicted octanol–water partition coefficient (Wildman–Crippen LogP) is 5.17. The molecule has 2 unspecified atom stereocenters. The summed E-state index contributed by atoms with van der Waals surface area (Å²) in [7, 11) is 0. The quantitative estimate of drug-likeness (QED) is 0.758. The van der Waals surface area contributed by atoms with E-state index in [-0.39, 0.29) is 22.3 Å². The number of aryl methyl sites for hydroxylation is 1. The molecule has 6 rings (SSSR count). The van der Waals surface area contributed by atoms with Crippen molar-refractivity contribution >= 4 is 17.6 Å². The first-order valence-electron chi connectivity index (χ1n) is 10.6. The lowest BCUT2D eigenvalue weighted by molar-refractivity contribution is -0.143. The molecule has 4 nitrogen and oxygen atoms in total. The standard InChI is InChI=1S/C25H27NO3/c1-16-2-6-20(7-3-16)24-11-17-10-18(12-24)14-25(13-17,15-24)23(29)26-21-8-4-19(5-9-21)22(27)28/h2-9,17-18H,10-15H2,1H3,(H,26,29)(H,27,28). The van der Waals surface area contributed by atoms with Crippen LogP contribution in [-0.2, 0) is 10.2 Å². The molecular weight excluding hydrogens is 362 g/mol. The molecule has 2 aromatic carbocycles. The fourth-order valence-corrected chi connectivity index (χ4v) is 6.73. The number of carbonyl (C=O) groups is 2. The topological polar surface area (TPSA) is 66.4 Å². The number of hydrogen-bond acceptors (Lipinski definition) is 2. The average Bonchev–Trinajstić information content (AvgIpc) is 2.68. The highest BCUT2D eigenvalue weighted by Crippen LogP contribution is 2.66. The minimum atomic E-state index is -0.955. The van der Waals surface area contributed by atoms with Gasteiger partial charge in [0.2, 0.25) is 5.91 Å². The summed E-state index contributed by atoms with van der Waals surface area (Å²) >= 11 is 0. The van der Waals surface area contributed by atoms with Crippen LogP contribution in [0.4, 0.5) is 5.69 Å². The highest BCUT2D eigenvalue weighted by molar-refractivity contribution is 5.96. The van der Waals surface area contributed by atoms with E-state index < -0.39 is 5.97 Å². The first-order valence-corrected chi connectivity index (χ1v) is 10.6. The van der Waals surface area contributed by atoms with Crippen LogP contribution in [0.1, 0.15) is 60.0 Å². The van der Waals surface area contributed by atoms with Crippen LogP contribution in [0.2, 0.25) is 0 Å². The Morgan fingerprint density at radius 2 is 1.55 bits per heavy atom. The van der Waals surface area contributed by atoms with Crippen molar-refractivity contribution < 1.29 is 14.7 Å². The zero-order valence-corrected chi connectivity index (χ0v) is 16.8. The summed E-state index contributed by atoms with van der Waals surface area (Å²) in [6.07, 6.45) is 6.56. The minimum Gasteiger partial charge on any atom is -0.478 e. The molecule has 29 heavy (non-hydrogen) atoms. The summed E-state index contributed by atoms with van der Waals surface area (Å²) in [5, 5.41) is 12.2. The van der Waals surface area contributed by atoms with E-state index in [1.54, 1.807) is 24.3 Å². The molecule has 4 aliphatic carbocycles. The zero-order valence-electron chi connectivity index (χ0n) is 16.8. The maximum Gasteiger partial charge on any atom is 0.335 e. The van der Waals surface area contributed by atoms with E-state index in [2.05, 4.69) is 36.5 Å². The van der Waals surface area contributed by atoms with Gasteiger partial charge in [0.1, 0.15) is 0 Å². The minimum absolute atomic E-state index is 0.117. The number of amides is 1. The van der Waals surface area contributed by atoms with Gasteiger partial charge in [0.05, 0.1) is 11.0 Å². The Morgan fingerprint density at radius 1 is 0.931 bits per heavy atom. The lowest BCUT2D eigenvalue weighted by Crippen LogP contribution is -2.57. The first-order chi connectivity index (χ1) is 13.9. The molecule has 1 amide bonds. The molecule has 4 fully saturated rings. The van der Waals surface area contributed by atoms with E-state index in [0.717, 1.165) is 19.3 Å². The molecule has 4 bridgehead atoms. The van der Waals surface area contributed by atoms with E-state index in [1.165, 1.54) is 30.4 Å². The first kappa shape index (κ1) is 18.4. The number of carboxylic acids is 1. The van der Waals surface area contributed by atoms with Gasteiger partial charge >= 0.3 is 5.97 Å². The second-order valence-corrected chi connectivity index (χ2v) is 9.72. The number of anilines is 1. The summed E-state index contributed by atoms with van der Waals surface area (Å²) in [5.74, 6) is 0.408. The molecule has 0 heterocycles. The van der Waals surface area contributed by atoms with Gasteiger partial charge in [-0.3, -0.25) is 4.79 Å². The van der Waals surface area contributed by atoms with Gasteiger partial charge in [0.15, 0.2) is 0 Å². The average molecular weight is 389 g/mol. The molecule has 150 valence electrons. The van der Waals surface area contributed by atoms with Gasteiger partial charge in [-0.25, -0.2) is 4.79 Å². The fourth-order valence-electron chi connectivity index (χ4n) is 6.73. The van der Waals surface area contributed by atoms with Crippen molar-refractivity contribution in [1.82, 2.24) is 0 Å². The molecule has 2 aromatic rings. The summed E-state index contributed by atoms with van der Waals surface area (Å²) in [6.45, 7) is 2.12. The molecule has 0 aromatic heterocycles. The Balaban J connectivity index is 1.43.